The van der Waals surface area contributed by atoms with Gasteiger partial charge in [0, 0.05) is 54.1 Å². The molecule has 34 heavy (non-hydrogen) atoms. The summed E-state index contributed by atoms with van der Waals surface area (Å²) in [4.78, 5) is 19.6. The number of para-hydroxylation sites is 1. The Morgan fingerprint density at radius 2 is 2.00 bits per heavy atom. The summed E-state index contributed by atoms with van der Waals surface area (Å²) in [5.74, 6) is -0.185. The van der Waals surface area contributed by atoms with Crippen LogP contribution in [0.4, 0.5) is 31.8 Å². The van der Waals surface area contributed by atoms with Crippen molar-refractivity contribution in [3.05, 3.63) is 65.0 Å². The van der Waals surface area contributed by atoms with E-state index in [4.69, 9.17) is 0 Å². The number of hydrogen-bond acceptors (Lipinski definition) is 7. The SMILES string of the molecule is CNc1cc(OC(F)F)c(Nc2nccc(-c3cn(C4CC4)c4ccccc34)n2)cc1[N+](=O)[O-]. The summed E-state index contributed by atoms with van der Waals surface area (Å²) >= 11 is 0. The monoisotopic (exact) mass is 466 g/mol. The lowest BCUT2D eigenvalue weighted by atomic mass is 10.1. The van der Waals surface area contributed by atoms with Gasteiger partial charge >= 0.3 is 6.61 Å². The molecule has 1 fully saturated rings. The normalized spacial score (nSPS) is 13.3. The van der Waals surface area contributed by atoms with Crippen molar-refractivity contribution in [2.24, 2.45) is 0 Å². The summed E-state index contributed by atoms with van der Waals surface area (Å²) in [6.45, 7) is -3.12. The van der Waals surface area contributed by atoms with Crippen LogP contribution in [-0.4, -0.2) is 33.1 Å². The van der Waals surface area contributed by atoms with Crippen molar-refractivity contribution >= 4 is 33.9 Å². The van der Waals surface area contributed by atoms with Gasteiger partial charge in [-0.05, 0) is 25.0 Å². The van der Waals surface area contributed by atoms with Gasteiger partial charge in [0.1, 0.15) is 5.69 Å². The number of nitrogens with one attached hydrogen (secondary N) is 2. The highest BCUT2D eigenvalue weighted by Gasteiger charge is 2.26. The molecule has 1 saturated carbocycles. The largest absolute Gasteiger partial charge is 0.433 e. The van der Waals surface area contributed by atoms with Gasteiger partial charge in [0.15, 0.2) is 5.75 Å². The number of rotatable bonds is 8. The van der Waals surface area contributed by atoms with Crippen molar-refractivity contribution in [2.45, 2.75) is 25.5 Å². The lowest BCUT2D eigenvalue weighted by Gasteiger charge is -2.14. The third-order valence-corrected chi connectivity index (χ3v) is 5.64. The zero-order valence-electron chi connectivity index (χ0n) is 18.0. The molecule has 5 rings (SSSR count). The summed E-state index contributed by atoms with van der Waals surface area (Å²) < 4.78 is 32.8. The molecule has 0 unspecified atom stereocenters. The number of nitro groups is 1. The Kier molecular flexibility index (Phi) is 5.44. The first-order valence-corrected chi connectivity index (χ1v) is 10.6. The second kappa shape index (κ2) is 8.58. The minimum Gasteiger partial charge on any atom is -0.433 e. The van der Waals surface area contributed by atoms with E-state index < -0.39 is 11.5 Å². The zero-order valence-corrected chi connectivity index (χ0v) is 18.0. The highest BCUT2D eigenvalue weighted by atomic mass is 19.3. The molecule has 2 aromatic carbocycles. The van der Waals surface area contributed by atoms with Crippen LogP contribution < -0.4 is 15.4 Å². The van der Waals surface area contributed by atoms with Gasteiger partial charge in [-0.3, -0.25) is 10.1 Å². The molecule has 11 heteroatoms. The second-order valence-electron chi connectivity index (χ2n) is 7.84. The van der Waals surface area contributed by atoms with E-state index in [0.717, 1.165) is 41.4 Å². The lowest BCUT2D eigenvalue weighted by molar-refractivity contribution is -0.383. The topological polar surface area (TPSA) is 107 Å². The minimum atomic E-state index is -3.12. The predicted octanol–water partition coefficient (Wildman–Crippen LogP) is 5.73. The Morgan fingerprint density at radius 3 is 2.71 bits per heavy atom. The van der Waals surface area contributed by atoms with Crippen molar-refractivity contribution in [3.8, 4) is 17.0 Å². The van der Waals surface area contributed by atoms with Gasteiger partial charge in [0.2, 0.25) is 5.95 Å². The summed E-state index contributed by atoms with van der Waals surface area (Å²) in [7, 11) is 1.45. The van der Waals surface area contributed by atoms with Crippen molar-refractivity contribution < 1.29 is 18.4 Å². The number of anilines is 3. The Balaban J connectivity index is 1.55. The molecule has 2 aromatic heterocycles. The highest BCUT2D eigenvalue weighted by molar-refractivity contribution is 5.95. The standard InChI is InChI=1S/C23H20F2N6O3/c1-26-17-11-21(34-22(24)25)18(10-20(17)31(32)33)29-23-27-9-8-16(28-23)15-12-30(13-6-7-13)19-5-3-2-4-14(15)19/h2-5,8-13,22,26H,6-7H2,1H3,(H,27,28,29). The molecule has 0 amide bonds. The fraction of sp³-hybridized carbons (Fsp3) is 0.217. The van der Waals surface area contributed by atoms with E-state index in [0.29, 0.717) is 11.7 Å². The van der Waals surface area contributed by atoms with E-state index in [1.807, 2.05) is 18.2 Å². The number of aromatic nitrogens is 3. The average molecular weight is 466 g/mol. The van der Waals surface area contributed by atoms with Crippen LogP contribution >= 0.6 is 0 Å². The molecule has 0 spiro atoms. The molecular weight excluding hydrogens is 446 g/mol. The van der Waals surface area contributed by atoms with Crippen LogP contribution in [0.3, 0.4) is 0 Å². The van der Waals surface area contributed by atoms with Gasteiger partial charge in [-0.2, -0.15) is 8.78 Å². The number of benzene rings is 2. The van der Waals surface area contributed by atoms with Gasteiger partial charge in [-0.15, -0.1) is 0 Å². The van der Waals surface area contributed by atoms with Crippen LogP contribution in [0.1, 0.15) is 18.9 Å². The highest BCUT2D eigenvalue weighted by Crippen LogP contribution is 2.41. The molecule has 0 bridgehead atoms. The quantitative estimate of drug-likeness (QED) is 0.252. The number of nitro benzene ring substituents is 1. The average Bonchev–Trinajstić information content (AvgIpc) is 3.59. The van der Waals surface area contributed by atoms with E-state index in [-0.39, 0.29) is 28.8 Å². The van der Waals surface area contributed by atoms with Gasteiger partial charge in [-0.25, -0.2) is 9.97 Å². The Morgan fingerprint density at radius 1 is 1.21 bits per heavy atom. The number of ether oxygens (including phenoxy) is 1. The third kappa shape index (κ3) is 4.07. The molecule has 9 nitrogen and oxygen atoms in total. The van der Waals surface area contributed by atoms with Crippen LogP contribution in [0.2, 0.25) is 0 Å². The van der Waals surface area contributed by atoms with E-state index in [9.17, 15) is 18.9 Å². The first kappa shape index (κ1) is 21.6. The molecular formula is C23H20F2N6O3. The number of fused-ring (bicyclic) bond motifs is 1. The molecule has 4 aromatic rings. The number of halogens is 2. The molecule has 2 N–H and O–H groups in total. The molecule has 0 saturated heterocycles. The van der Waals surface area contributed by atoms with Crippen molar-refractivity contribution in [2.75, 3.05) is 17.7 Å². The summed E-state index contributed by atoms with van der Waals surface area (Å²) in [5.41, 5.74) is 2.32. The summed E-state index contributed by atoms with van der Waals surface area (Å²) in [6, 6.07) is 12.5. The summed E-state index contributed by atoms with van der Waals surface area (Å²) in [5, 5.41) is 17.9. The third-order valence-electron chi connectivity index (χ3n) is 5.64. The van der Waals surface area contributed by atoms with Gasteiger partial charge in [-0.1, -0.05) is 18.2 Å². The maximum Gasteiger partial charge on any atom is 0.387 e. The van der Waals surface area contributed by atoms with Crippen molar-refractivity contribution in [1.82, 2.24) is 14.5 Å². The van der Waals surface area contributed by atoms with Crippen LogP contribution in [0.25, 0.3) is 22.2 Å². The molecule has 2 heterocycles. The number of nitrogens with zero attached hydrogens (tertiary/aromatic N) is 4. The maximum atomic E-state index is 13.0. The van der Waals surface area contributed by atoms with E-state index >= 15 is 0 Å². The minimum absolute atomic E-state index is 0.0359. The van der Waals surface area contributed by atoms with Crippen molar-refractivity contribution in [1.29, 1.82) is 0 Å². The second-order valence-corrected chi connectivity index (χ2v) is 7.84. The smallest absolute Gasteiger partial charge is 0.387 e. The first-order valence-electron chi connectivity index (χ1n) is 10.6. The Hall–Kier alpha value is -4.28. The Labute approximate surface area is 192 Å². The molecule has 1 aliphatic rings. The van der Waals surface area contributed by atoms with Crippen LogP contribution in [0.15, 0.2) is 54.9 Å². The maximum absolute atomic E-state index is 13.0. The zero-order chi connectivity index (χ0) is 23.8. The van der Waals surface area contributed by atoms with E-state index in [1.165, 1.54) is 13.2 Å². The van der Waals surface area contributed by atoms with Crippen molar-refractivity contribution in [3.63, 3.8) is 0 Å². The first-order chi connectivity index (χ1) is 16.4. The lowest BCUT2D eigenvalue weighted by Crippen LogP contribution is -2.07. The van der Waals surface area contributed by atoms with Gasteiger partial charge < -0.3 is 19.9 Å². The molecule has 0 radical (unpaired) electrons. The van der Waals surface area contributed by atoms with Gasteiger partial charge in [0.25, 0.3) is 5.69 Å². The van der Waals surface area contributed by atoms with Crippen LogP contribution in [0.5, 0.6) is 5.75 Å². The molecule has 174 valence electrons. The predicted molar refractivity (Wildman–Crippen MR) is 124 cm³/mol. The fourth-order valence-corrected chi connectivity index (χ4v) is 3.96. The van der Waals surface area contributed by atoms with Crippen LogP contribution in [0, 0.1) is 10.1 Å². The molecule has 0 atom stereocenters. The molecule has 0 aliphatic heterocycles. The van der Waals surface area contributed by atoms with E-state index in [2.05, 4.69) is 42.2 Å². The molecule has 1 aliphatic carbocycles. The summed E-state index contributed by atoms with van der Waals surface area (Å²) in [6.07, 6.45) is 5.86. The van der Waals surface area contributed by atoms with Crippen LogP contribution in [-0.2, 0) is 0 Å². The van der Waals surface area contributed by atoms with E-state index in [1.54, 1.807) is 6.07 Å². The van der Waals surface area contributed by atoms with Gasteiger partial charge in [0.05, 0.1) is 16.3 Å². The number of hydrogen-bond donors (Lipinski definition) is 2. The fourth-order valence-electron chi connectivity index (χ4n) is 3.96. The Bertz CT molecular complexity index is 1390. The number of alkyl halides is 2.